The van der Waals surface area contributed by atoms with Gasteiger partial charge in [0.15, 0.2) is 5.69 Å². The molecular weight excluding hydrogens is 226 g/mol. The maximum atomic E-state index is 12.5. The number of nitrogens with one attached hydrogen (secondary N) is 1. The maximum absolute atomic E-state index is 12.5. The number of hydrogen-bond donors (Lipinski definition) is 1. The van der Waals surface area contributed by atoms with E-state index >= 15 is 0 Å². The molecule has 1 aromatic rings. The molecule has 2 aliphatic carbocycles. The molecular formula is C14H19N3O. The average molecular weight is 245 g/mol. The zero-order valence-corrected chi connectivity index (χ0v) is 10.8. The molecule has 3 aliphatic rings. The van der Waals surface area contributed by atoms with E-state index in [1.54, 1.807) is 0 Å². The summed E-state index contributed by atoms with van der Waals surface area (Å²) in [5.74, 6) is 0.924. The van der Waals surface area contributed by atoms with Gasteiger partial charge in [0.05, 0.1) is 0 Å². The maximum Gasteiger partial charge on any atom is 0.274 e. The van der Waals surface area contributed by atoms with E-state index in [1.165, 1.54) is 24.1 Å². The SMILES string of the molecule is CCC12CC1CN(C(=O)c1n[nH]c3c1CCC3)C2. The molecule has 1 saturated heterocycles. The van der Waals surface area contributed by atoms with Gasteiger partial charge in [-0.1, -0.05) is 6.92 Å². The van der Waals surface area contributed by atoms with Crippen molar-refractivity contribution < 1.29 is 4.79 Å². The largest absolute Gasteiger partial charge is 0.336 e. The molecule has 1 N–H and O–H groups in total. The number of amides is 1. The monoisotopic (exact) mass is 245 g/mol. The Morgan fingerprint density at radius 2 is 2.44 bits per heavy atom. The van der Waals surface area contributed by atoms with Crippen molar-refractivity contribution in [1.29, 1.82) is 0 Å². The second kappa shape index (κ2) is 3.37. The van der Waals surface area contributed by atoms with E-state index in [9.17, 15) is 4.79 Å². The molecule has 0 aromatic carbocycles. The van der Waals surface area contributed by atoms with E-state index in [4.69, 9.17) is 0 Å². The highest BCUT2D eigenvalue weighted by Gasteiger charge is 2.59. The molecule has 0 bridgehead atoms. The Hall–Kier alpha value is -1.32. The first-order chi connectivity index (χ1) is 8.73. The minimum absolute atomic E-state index is 0.162. The fourth-order valence-corrected chi connectivity index (χ4v) is 3.94. The van der Waals surface area contributed by atoms with Gasteiger partial charge in [-0.15, -0.1) is 0 Å². The molecule has 4 nitrogen and oxygen atoms in total. The van der Waals surface area contributed by atoms with Crippen molar-refractivity contribution in [2.45, 2.75) is 39.0 Å². The van der Waals surface area contributed by atoms with Crippen LogP contribution in [0.1, 0.15) is 47.9 Å². The second-order valence-electron chi connectivity index (χ2n) is 6.19. The molecule has 2 fully saturated rings. The molecule has 2 unspecified atom stereocenters. The van der Waals surface area contributed by atoms with Crippen molar-refractivity contribution in [1.82, 2.24) is 15.1 Å². The van der Waals surface area contributed by atoms with E-state index in [0.29, 0.717) is 11.1 Å². The number of aromatic nitrogens is 2. The van der Waals surface area contributed by atoms with Gasteiger partial charge in [0.2, 0.25) is 0 Å². The molecule has 18 heavy (non-hydrogen) atoms. The number of rotatable bonds is 2. The number of H-pyrrole nitrogens is 1. The number of fused-ring (bicyclic) bond motifs is 2. The van der Waals surface area contributed by atoms with Crippen LogP contribution >= 0.6 is 0 Å². The highest BCUT2D eigenvalue weighted by Crippen LogP contribution is 2.60. The summed E-state index contributed by atoms with van der Waals surface area (Å²) in [6.07, 6.45) is 5.76. The Balaban J connectivity index is 1.57. The van der Waals surface area contributed by atoms with Crippen LogP contribution in [0.5, 0.6) is 0 Å². The topological polar surface area (TPSA) is 49.0 Å². The van der Waals surface area contributed by atoms with Gasteiger partial charge in [-0.05, 0) is 43.4 Å². The molecule has 4 heteroatoms. The van der Waals surface area contributed by atoms with E-state index in [0.717, 1.165) is 38.3 Å². The predicted molar refractivity (Wildman–Crippen MR) is 67.3 cm³/mol. The Bertz CT molecular complexity index is 517. The fraction of sp³-hybridized carbons (Fsp3) is 0.714. The summed E-state index contributed by atoms with van der Waals surface area (Å²) in [5, 5.41) is 7.29. The Labute approximate surface area is 107 Å². The lowest BCUT2D eigenvalue weighted by atomic mass is 10.0. The zero-order chi connectivity index (χ0) is 12.3. The van der Waals surface area contributed by atoms with Crippen molar-refractivity contribution in [2.75, 3.05) is 13.1 Å². The quantitative estimate of drug-likeness (QED) is 0.863. The lowest BCUT2D eigenvalue weighted by Gasteiger charge is -2.19. The van der Waals surface area contributed by atoms with Gasteiger partial charge in [-0.2, -0.15) is 5.10 Å². The number of carbonyl (C=O) groups excluding carboxylic acids is 1. The molecule has 1 amide bonds. The summed E-state index contributed by atoms with van der Waals surface area (Å²) in [6.45, 7) is 4.16. The van der Waals surface area contributed by atoms with E-state index < -0.39 is 0 Å². The summed E-state index contributed by atoms with van der Waals surface area (Å²) < 4.78 is 0. The molecule has 1 aliphatic heterocycles. The number of piperidine rings is 1. The van der Waals surface area contributed by atoms with Crippen molar-refractivity contribution in [2.24, 2.45) is 11.3 Å². The summed E-state index contributed by atoms with van der Waals surface area (Å²) in [6, 6.07) is 0. The highest BCUT2D eigenvalue weighted by atomic mass is 16.2. The van der Waals surface area contributed by atoms with Crippen molar-refractivity contribution in [3.63, 3.8) is 0 Å². The third-order valence-corrected chi connectivity index (χ3v) is 5.31. The minimum Gasteiger partial charge on any atom is -0.336 e. The number of aryl methyl sites for hydroxylation is 1. The van der Waals surface area contributed by atoms with Crippen molar-refractivity contribution in [3.8, 4) is 0 Å². The molecule has 0 spiro atoms. The minimum atomic E-state index is 0.162. The van der Waals surface area contributed by atoms with Crippen molar-refractivity contribution in [3.05, 3.63) is 17.0 Å². The summed E-state index contributed by atoms with van der Waals surface area (Å²) in [7, 11) is 0. The Morgan fingerprint density at radius 3 is 3.22 bits per heavy atom. The van der Waals surface area contributed by atoms with Crippen LogP contribution in [0.25, 0.3) is 0 Å². The second-order valence-corrected chi connectivity index (χ2v) is 6.19. The number of carbonyl (C=O) groups is 1. The molecule has 1 aromatic heterocycles. The van der Waals surface area contributed by atoms with Gasteiger partial charge in [0.25, 0.3) is 5.91 Å². The zero-order valence-electron chi connectivity index (χ0n) is 10.8. The standard InChI is InChI=1S/C14H19N3O/c1-2-14-6-9(14)7-17(8-14)13(18)12-10-4-3-5-11(10)15-16-12/h9H,2-8H2,1H3,(H,15,16). The van der Waals surface area contributed by atoms with Crippen LogP contribution in [-0.4, -0.2) is 34.1 Å². The number of likely N-dealkylation sites (tertiary alicyclic amines) is 1. The molecule has 2 atom stereocenters. The molecule has 4 rings (SSSR count). The van der Waals surface area contributed by atoms with Crippen LogP contribution in [0, 0.1) is 11.3 Å². The van der Waals surface area contributed by atoms with E-state index in [1.807, 2.05) is 4.90 Å². The van der Waals surface area contributed by atoms with Gasteiger partial charge in [-0.25, -0.2) is 0 Å². The lowest BCUT2D eigenvalue weighted by molar-refractivity contribution is 0.0757. The molecule has 0 radical (unpaired) electrons. The fourth-order valence-electron chi connectivity index (χ4n) is 3.94. The number of hydrogen-bond acceptors (Lipinski definition) is 2. The third-order valence-electron chi connectivity index (χ3n) is 5.31. The predicted octanol–water partition coefficient (Wildman–Crippen LogP) is 1.77. The normalized spacial score (nSPS) is 32.5. The summed E-state index contributed by atoms with van der Waals surface area (Å²) in [4.78, 5) is 14.6. The molecule has 96 valence electrons. The average Bonchev–Trinajstić information content (AvgIpc) is 2.82. The Morgan fingerprint density at radius 1 is 1.56 bits per heavy atom. The summed E-state index contributed by atoms with van der Waals surface area (Å²) >= 11 is 0. The Kier molecular flexibility index (Phi) is 1.98. The number of nitrogens with zero attached hydrogens (tertiary/aromatic N) is 2. The molecule has 1 saturated carbocycles. The van der Waals surface area contributed by atoms with E-state index in [2.05, 4.69) is 17.1 Å². The highest BCUT2D eigenvalue weighted by molar-refractivity contribution is 5.94. The van der Waals surface area contributed by atoms with Crippen LogP contribution < -0.4 is 0 Å². The van der Waals surface area contributed by atoms with Gasteiger partial charge in [-0.3, -0.25) is 9.89 Å². The van der Waals surface area contributed by atoms with Crippen LogP contribution in [-0.2, 0) is 12.8 Å². The van der Waals surface area contributed by atoms with Gasteiger partial charge >= 0.3 is 0 Å². The summed E-state index contributed by atoms with van der Waals surface area (Å²) in [5.41, 5.74) is 3.55. The smallest absolute Gasteiger partial charge is 0.274 e. The first kappa shape index (κ1) is 10.6. The first-order valence-electron chi connectivity index (χ1n) is 7.09. The molecule has 2 heterocycles. The van der Waals surface area contributed by atoms with Gasteiger partial charge in [0, 0.05) is 24.3 Å². The van der Waals surface area contributed by atoms with Crippen LogP contribution in [0.4, 0.5) is 0 Å². The van der Waals surface area contributed by atoms with Crippen LogP contribution in [0.2, 0.25) is 0 Å². The first-order valence-corrected chi connectivity index (χ1v) is 7.09. The lowest BCUT2D eigenvalue weighted by Crippen LogP contribution is -2.32. The van der Waals surface area contributed by atoms with Gasteiger partial charge in [0.1, 0.15) is 0 Å². The van der Waals surface area contributed by atoms with Crippen molar-refractivity contribution >= 4 is 5.91 Å². The van der Waals surface area contributed by atoms with Crippen LogP contribution in [0.3, 0.4) is 0 Å². The third kappa shape index (κ3) is 1.26. The van der Waals surface area contributed by atoms with E-state index in [-0.39, 0.29) is 5.91 Å². The van der Waals surface area contributed by atoms with Crippen LogP contribution in [0.15, 0.2) is 0 Å². The van der Waals surface area contributed by atoms with Gasteiger partial charge < -0.3 is 4.90 Å². The number of aromatic amines is 1.